The maximum Gasteiger partial charge on any atom is 0.322 e. The number of carboxylic acids is 1. The Morgan fingerprint density at radius 3 is 2.50 bits per heavy atom. The molecule has 2 amide bonds. The molecule has 3 rings (SSSR count). The van der Waals surface area contributed by atoms with E-state index in [4.69, 9.17) is 21.1 Å². The van der Waals surface area contributed by atoms with Gasteiger partial charge in [0.15, 0.2) is 11.5 Å². The average Bonchev–Trinajstić information content (AvgIpc) is 2.69. The number of fused-ring (bicyclic) bond motifs is 1. The minimum absolute atomic E-state index is 0.213. The normalized spacial score (nSPS) is 15.3. The molecule has 0 fully saturated rings. The lowest BCUT2D eigenvalue weighted by molar-refractivity contribution is -0.138. The minimum atomic E-state index is -0.986. The highest BCUT2D eigenvalue weighted by molar-refractivity contribution is 6.30. The molecule has 0 aliphatic carbocycles. The van der Waals surface area contributed by atoms with Gasteiger partial charge < -0.3 is 24.8 Å². The highest BCUT2D eigenvalue weighted by Gasteiger charge is 2.34. The predicted octanol–water partition coefficient (Wildman–Crippen LogP) is 4.74. The number of nitrogens with one attached hydrogen (secondary N) is 1. The Kier molecular flexibility index (Phi) is 7.05. The summed E-state index contributed by atoms with van der Waals surface area (Å²) in [4.78, 5) is 26.1. The Hall–Kier alpha value is -2.93. The number of anilines is 1. The summed E-state index contributed by atoms with van der Waals surface area (Å²) in [5, 5.41) is 12.8. The molecule has 0 aromatic heterocycles. The van der Waals surface area contributed by atoms with Crippen molar-refractivity contribution in [2.75, 3.05) is 25.1 Å². The Bertz CT molecular complexity index is 934. The van der Waals surface area contributed by atoms with Crippen LogP contribution in [0.15, 0.2) is 36.4 Å². The van der Waals surface area contributed by atoms with E-state index in [1.807, 2.05) is 19.9 Å². The van der Waals surface area contributed by atoms with Gasteiger partial charge in [0, 0.05) is 17.3 Å². The fraction of sp³-hybridized carbons (Fsp3) is 0.364. The summed E-state index contributed by atoms with van der Waals surface area (Å²) < 4.78 is 11.4. The standard InChI is InChI=1S/C22H25ClN2O5/c1-3-29-19-10-14-8-9-25(22(28)24-16-7-5-6-15(23)11-16)18(13-21(26)27)17(14)12-20(19)30-4-2/h5-7,10-12,18H,3-4,8-9,13H2,1-2H3,(H,24,28)(H,26,27)/t18-/m0/s1. The van der Waals surface area contributed by atoms with Crippen LogP contribution in [0, 0.1) is 0 Å². The van der Waals surface area contributed by atoms with E-state index in [1.165, 1.54) is 0 Å². The van der Waals surface area contributed by atoms with Crippen LogP contribution in [0.2, 0.25) is 5.02 Å². The second-order valence-electron chi connectivity index (χ2n) is 6.86. The van der Waals surface area contributed by atoms with Crippen molar-refractivity contribution in [3.63, 3.8) is 0 Å². The number of carbonyl (C=O) groups excluding carboxylic acids is 1. The van der Waals surface area contributed by atoms with Crippen molar-refractivity contribution < 1.29 is 24.2 Å². The highest BCUT2D eigenvalue weighted by atomic mass is 35.5. The summed E-state index contributed by atoms with van der Waals surface area (Å²) in [7, 11) is 0. The molecule has 0 saturated heterocycles. The van der Waals surface area contributed by atoms with Crippen LogP contribution >= 0.6 is 11.6 Å². The lowest BCUT2D eigenvalue weighted by Crippen LogP contribution is -2.43. The zero-order valence-corrected chi connectivity index (χ0v) is 17.7. The van der Waals surface area contributed by atoms with Crippen LogP contribution in [0.3, 0.4) is 0 Å². The molecule has 1 aliphatic heterocycles. The lowest BCUT2D eigenvalue weighted by atomic mass is 9.90. The van der Waals surface area contributed by atoms with Gasteiger partial charge in [-0.3, -0.25) is 4.79 Å². The van der Waals surface area contributed by atoms with Crippen molar-refractivity contribution in [1.29, 1.82) is 0 Å². The van der Waals surface area contributed by atoms with Gasteiger partial charge in [-0.2, -0.15) is 0 Å². The minimum Gasteiger partial charge on any atom is -0.490 e. The van der Waals surface area contributed by atoms with Crippen LogP contribution in [0.25, 0.3) is 0 Å². The molecule has 1 atom stereocenters. The van der Waals surface area contributed by atoms with Crippen molar-refractivity contribution in [3.05, 3.63) is 52.5 Å². The summed E-state index contributed by atoms with van der Waals surface area (Å²) in [5.74, 6) is 0.190. The SMILES string of the molecule is CCOc1cc2c(cc1OCC)[C@H](CC(=O)O)N(C(=O)Nc1cccc(Cl)c1)CC2. The number of amides is 2. The van der Waals surface area contributed by atoms with Crippen LogP contribution in [-0.4, -0.2) is 41.8 Å². The number of halogens is 1. The first-order valence-electron chi connectivity index (χ1n) is 9.90. The fourth-order valence-corrected chi connectivity index (χ4v) is 3.83. The van der Waals surface area contributed by atoms with Crippen LogP contribution in [0.4, 0.5) is 10.5 Å². The van der Waals surface area contributed by atoms with Gasteiger partial charge >= 0.3 is 12.0 Å². The van der Waals surface area contributed by atoms with E-state index >= 15 is 0 Å². The highest BCUT2D eigenvalue weighted by Crippen LogP contribution is 2.40. The number of benzene rings is 2. The van der Waals surface area contributed by atoms with E-state index < -0.39 is 12.0 Å². The number of nitrogens with zero attached hydrogens (tertiary/aromatic N) is 1. The van der Waals surface area contributed by atoms with Crippen molar-refractivity contribution in [3.8, 4) is 11.5 Å². The fourth-order valence-electron chi connectivity index (χ4n) is 3.64. The molecular weight excluding hydrogens is 408 g/mol. The quantitative estimate of drug-likeness (QED) is 0.659. The van der Waals surface area contributed by atoms with Gasteiger partial charge in [0.25, 0.3) is 0 Å². The van der Waals surface area contributed by atoms with Crippen molar-refractivity contribution in [1.82, 2.24) is 4.90 Å². The lowest BCUT2D eigenvalue weighted by Gasteiger charge is -2.37. The maximum atomic E-state index is 13.0. The average molecular weight is 433 g/mol. The van der Waals surface area contributed by atoms with Gasteiger partial charge in [0.1, 0.15) is 0 Å². The van der Waals surface area contributed by atoms with E-state index in [9.17, 15) is 14.7 Å². The monoisotopic (exact) mass is 432 g/mol. The Morgan fingerprint density at radius 2 is 1.87 bits per heavy atom. The van der Waals surface area contributed by atoms with E-state index in [-0.39, 0.29) is 12.5 Å². The van der Waals surface area contributed by atoms with Gasteiger partial charge in [-0.1, -0.05) is 17.7 Å². The summed E-state index contributed by atoms with van der Waals surface area (Å²) in [5.41, 5.74) is 2.27. The molecule has 1 aliphatic rings. The van der Waals surface area contributed by atoms with E-state index in [0.29, 0.717) is 48.4 Å². The first-order valence-corrected chi connectivity index (χ1v) is 10.3. The molecule has 2 aromatic rings. The molecular formula is C22H25ClN2O5. The van der Waals surface area contributed by atoms with Crippen LogP contribution < -0.4 is 14.8 Å². The van der Waals surface area contributed by atoms with Crippen LogP contribution in [0.5, 0.6) is 11.5 Å². The Balaban J connectivity index is 1.94. The summed E-state index contributed by atoms with van der Waals surface area (Å²) >= 11 is 6.00. The molecule has 7 nitrogen and oxygen atoms in total. The number of aliphatic carboxylic acids is 1. The number of rotatable bonds is 7. The summed E-state index contributed by atoms with van der Waals surface area (Å²) in [6.45, 7) is 5.09. The largest absolute Gasteiger partial charge is 0.490 e. The zero-order chi connectivity index (χ0) is 21.7. The third-order valence-corrected chi connectivity index (χ3v) is 5.10. The van der Waals surface area contributed by atoms with Gasteiger partial charge in [0.2, 0.25) is 0 Å². The molecule has 0 unspecified atom stereocenters. The molecule has 30 heavy (non-hydrogen) atoms. The summed E-state index contributed by atoms with van der Waals surface area (Å²) in [6, 6.07) is 9.53. The first-order chi connectivity index (χ1) is 14.4. The number of hydrogen-bond acceptors (Lipinski definition) is 4. The number of ether oxygens (including phenoxy) is 2. The Morgan fingerprint density at radius 1 is 1.17 bits per heavy atom. The molecule has 0 spiro atoms. The van der Waals surface area contributed by atoms with Gasteiger partial charge in [-0.05, 0) is 61.7 Å². The first kappa shape index (κ1) is 21.8. The molecule has 0 saturated carbocycles. The number of carboxylic acid groups (broad SMARTS) is 1. The van der Waals surface area contributed by atoms with Crippen molar-refractivity contribution in [2.45, 2.75) is 32.7 Å². The maximum absolute atomic E-state index is 13.0. The Labute approximate surface area is 180 Å². The molecule has 1 heterocycles. The van der Waals surface area contributed by atoms with E-state index in [0.717, 1.165) is 11.1 Å². The third kappa shape index (κ3) is 4.97. The van der Waals surface area contributed by atoms with Gasteiger partial charge in [-0.15, -0.1) is 0 Å². The van der Waals surface area contributed by atoms with Gasteiger partial charge in [0.05, 0.1) is 25.7 Å². The molecule has 2 N–H and O–H groups in total. The predicted molar refractivity (Wildman–Crippen MR) is 115 cm³/mol. The number of urea groups is 1. The van der Waals surface area contributed by atoms with Crippen LogP contribution in [-0.2, 0) is 11.2 Å². The van der Waals surface area contributed by atoms with Gasteiger partial charge in [-0.25, -0.2) is 4.79 Å². The molecule has 2 aromatic carbocycles. The molecule has 8 heteroatoms. The smallest absolute Gasteiger partial charge is 0.322 e. The molecule has 160 valence electrons. The van der Waals surface area contributed by atoms with Crippen molar-refractivity contribution in [2.24, 2.45) is 0 Å². The number of carbonyl (C=O) groups is 2. The van der Waals surface area contributed by atoms with Crippen molar-refractivity contribution >= 4 is 29.3 Å². The second-order valence-corrected chi connectivity index (χ2v) is 7.30. The molecule has 0 radical (unpaired) electrons. The third-order valence-electron chi connectivity index (χ3n) is 4.87. The number of hydrogen-bond donors (Lipinski definition) is 2. The van der Waals surface area contributed by atoms with Crippen LogP contribution in [0.1, 0.15) is 37.4 Å². The van der Waals surface area contributed by atoms with E-state index in [2.05, 4.69) is 5.32 Å². The zero-order valence-electron chi connectivity index (χ0n) is 17.0. The summed E-state index contributed by atoms with van der Waals surface area (Å²) in [6.07, 6.45) is 0.371. The molecule has 0 bridgehead atoms. The second kappa shape index (κ2) is 9.71. The topological polar surface area (TPSA) is 88.1 Å². The van der Waals surface area contributed by atoms with E-state index in [1.54, 1.807) is 35.2 Å².